The highest BCUT2D eigenvalue weighted by Crippen LogP contribution is 2.18. The standard InChI is InChI=1S/C13H27N5.HI/c1-11-9-15-12(16-11)14-5-6-18-8-7-17(4)13(2,3)10-18;/h11H,5-10H2,1-4H3,(H2,14,15,16);1H. The van der Waals surface area contributed by atoms with Crippen molar-refractivity contribution in [2.75, 3.05) is 46.3 Å². The number of hydrogen-bond acceptors (Lipinski definition) is 5. The van der Waals surface area contributed by atoms with Crippen LogP contribution in [0.25, 0.3) is 0 Å². The van der Waals surface area contributed by atoms with Gasteiger partial charge in [0.1, 0.15) is 0 Å². The largest absolute Gasteiger partial charge is 0.355 e. The van der Waals surface area contributed by atoms with Gasteiger partial charge in [-0.15, -0.1) is 24.0 Å². The van der Waals surface area contributed by atoms with Crippen molar-refractivity contribution in [3.05, 3.63) is 0 Å². The summed E-state index contributed by atoms with van der Waals surface area (Å²) in [5.74, 6) is 0.968. The summed E-state index contributed by atoms with van der Waals surface area (Å²) in [5, 5.41) is 6.71. The molecule has 19 heavy (non-hydrogen) atoms. The summed E-state index contributed by atoms with van der Waals surface area (Å²) in [6.45, 7) is 13.2. The lowest BCUT2D eigenvalue weighted by atomic mass is 10.00. The van der Waals surface area contributed by atoms with Crippen molar-refractivity contribution in [3.63, 3.8) is 0 Å². The van der Waals surface area contributed by atoms with Crippen molar-refractivity contribution in [1.29, 1.82) is 0 Å². The summed E-state index contributed by atoms with van der Waals surface area (Å²) >= 11 is 0. The van der Waals surface area contributed by atoms with Crippen LogP contribution in [0.3, 0.4) is 0 Å². The Morgan fingerprint density at radius 3 is 2.74 bits per heavy atom. The van der Waals surface area contributed by atoms with Crippen LogP contribution in [0.15, 0.2) is 4.99 Å². The molecule has 0 aromatic carbocycles. The van der Waals surface area contributed by atoms with Gasteiger partial charge in [0.25, 0.3) is 0 Å². The van der Waals surface area contributed by atoms with Crippen LogP contribution in [0.4, 0.5) is 0 Å². The van der Waals surface area contributed by atoms with E-state index < -0.39 is 0 Å². The number of likely N-dealkylation sites (N-methyl/N-ethyl adjacent to an activating group) is 1. The molecule has 112 valence electrons. The van der Waals surface area contributed by atoms with Crippen LogP contribution in [0.2, 0.25) is 0 Å². The molecule has 1 fully saturated rings. The Hall–Kier alpha value is -0.0800. The Morgan fingerprint density at radius 2 is 2.16 bits per heavy atom. The zero-order chi connectivity index (χ0) is 13.2. The third kappa shape index (κ3) is 4.75. The van der Waals surface area contributed by atoms with Crippen molar-refractivity contribution in [2.45, 2.75) is 32.4 Å². The van der Waals surface area contributed by atoms with Crippen molar-refractivity contribution < 1.29 is 0 Å². The second kappa shape index (κ2) is 7.08. The van der Waals surface area contributed by atoms with E-state index in [1.54, 1.807) is 0 Å². The fraction of sp³-hybridized carbons (Fsp3) is 0.923. The van der Waals surface area contributed by atoms with Crippen LogP contribution < -0.4 is 10.6 Å². The van der Waals surface area contributed by atoms with Crippen molar-refractivity contribution >= 4 is 29.9 Å². The van der Waals surface area contributed by atoms with Gasteiger partial charge in [-0.3, -0.25) is 14.8 Å². The number of hydrogen-bond donors (Lipinski definition) is 2. The molecular formula is C13H28IN5. The molecule has 0 bridgehead atoms. The van der Waals surface area contributed by atoms with Crippen LogP contribution in [-0.4, -0.2) is 73.7 Å². The van der Waals surface area contributed by atoms with Gasteiger partial charge >= 0.3 is 0 Å². The number of aliphatic imine (C=N–C) groups is 1. The molecule has 0 saturated carbocycles. The number of nitrogens with one attached hydrogen (secondary N) is 2. The molecule has 2 aliphatic heterocycles. The quantitative estimate of drug-likeness (QED) is 0.702. The molecule has 5 nitrogen and oxygen atoms in total. The first kappa shape index (κ1) is 17.0. The van der Waals surface area contributed by atoms with E-state index >= 15 is 0 Å². The zero-order valence-electron chi connectivity index (χ0n) is 12.6. The van der Waals surface area contributed by atoms with Crippen LogP contribution in [0, 0.1) is 0 Å². The lowest BCUT2D eigenvalue weighted by Crippen LogP contribution is -2.58. The summed E-state index contributed by atoms with van der Waals surface area (Å²) in [7, 11) is 2.22. The van der Waals surface area contributed by atoms with Crippen LogP contribution in [-0.2, 0) is 0 Å². The minimum atomic E-state index is 0. The van der Waals surface area contributed by atoms with Crippen molar-refractivity contribution in [1.82, 2.24) is 20.4 Å². The van der Waals surface area contributed by atoms with E-state index in [4.69, 9.17) is 0 Å². The number of piperazine rings is 1. The van der Waals surface area contributed by atoms with Gasteiger partial charge in [0, 0.05) is 44.3 Å². The molecule has 0 aromatic heterocycles. The minimum Gasteiger partial charge on any atom is -0.355 e. The lowest BCUT2D eigenvalue weighted by molar-refractivity contribution is 0.0413. The molecule has 0 radical (unpaired) electrons. The Kier molecular flexibility index (Phi) is 6.32. The lowest BCUT2D eigenvalue weighted by Gasteiger charge is -2.45. The minimum absolute atomic E-state index is 0. The average molecular weight is 381 g/mol. The highest BCUT2D eigenvalue weighted by Gasteiger charge is 2.30. The van der Waals surface area contributed by atoms with Crippen LogP contribution in [0.5, 0.6) is 0 Å². The third-order valence-corrected chi connectivity index (χ3v) is 4.02. The first-order chi connectivity index (χ1) is 8.47. The van der Waals surface area contributed by atoms with E-state index in [-0.39, 0.29) is 29.5 Å². The second-order valence-electron chi connectivity index (χ2n) is 6.17. The van der Waals surface area contributed by atoms with Gasteiger partial charge in [-0.05, 0) is 27.8 Å². The maximum absolute atomic E-state index is 4.41. The number of rotatable bonds is 3. The van der Waals surface area contributed by atoms with Crippen LogP contribution >= 0.6 is 24.0 Å². The molecule has 0 spiro atoms. The van der Waals surface area contributed by atoms with Crippen LogP contribution in [0.1, 0.15) is 20.8 Å². The molecule has 0 aromatic rings. The summed E-state index contributed by atoms with van der Waals surface area (Å²) in [6, 6.07) is 0.482. The normalized spacial score (nSPS) is 27.4. The third-order valence-electron chi connectivity index (χ3n) is 4.02. The van der Waals surface area contributed by atoms with Gasteiger partial charge in [0.05, 0.1) is 6.54 Å². The maximum Gasteiger partial charge on any atom is 0.191 e. The van der Waals surface area contributed by atoms with Crippen molar-refractivity contribution in [2.24, 2.45) is 4.99 Å². The molecule has 1 saturated heterocycles. The molecule has 2 aliphatic rings. The first-order valence-corrected chi connectivity index (χ1v) is 6.96. The molecule has 2 rings (SSSR count). The van der Waals surface area contributed by atoms with Gasteiger partial charge in [-0.2, -0.15) is 0 Å². The smallest absolute Gasteiger partial charge is 0.191 e. The predicted molar refractivity (Wildman–Crippen MR) is 91.5 cm³/mol. The Bertz CT molecular complexity index is 318. The van der Waals surface area contributed by atoms with E-state index in [9.17, 15) is 0 Å². The average Bonchev–Trinajstić information content (AvgIpc) is 2.69. The highest BCUT2D eigenvalue weighted by molar-refractivity contribution is 14.0. The van der Waals surface area contributed by atoms with Gasteiger partial charge in [-0.25, -0.2) is 0 Å². The van der Waals surface area contributed by atoms with E-state index in [2.05, 4.69) is 53.2 Å². The fourth-order valence-electron chi connectivity index (χ4n) is 2.52. The van der Waals surface area contributed by atoms with E-state index in [1.165, 1.54) is 0 Å². The van der Waals surface area contributed by atoms with E-state index in [1.807, 2.05) is 0 Å². The van der Waals surface area contributed by atoms with Gasteiger partial charge in [0.15, 0.2) is 5.96 Å². The fourth-order valence-corrected chi connectivity index (χ4v) is 2.52. The van der Waals surface area contributed by atoms with Gasteiger partial charge < -0.3 is 10.6 Å². The predicted octanol–water partition coefficient (Wildman–Crippen LogP) is 0.568. The van der Waals surface area contributed by atoms with E-state index in [0.717, 1.165) is 45.2 Å². The molecule has 0 amide bonds. The molecule has 1 unspecified atom stereocenters. The Labute approximate surface area is 134 Å². The number of guanidine groups is 1. The Balaban J connectivity index is 0.00000180. The topological polar surface area (TPSA) is 42.9 Å². The summed E-state index contributed by atoms with van der Waals surface area (Å²) in [5.41, 5.74) is 0.288. The highest BCUT2D eigenvalue weighted by atomic mass is 127. The summed E-state index contributed by atoms with van der Waals surface area (Å²) < 4.78 is 0. The number of halogens is 1. The zero-order valence-corrected chi connectivity index (χ0v) is 14.9. The molecule has 0 aliphatic carbocycles. The van der Waals surface area contributed by atoms with Gasteiger partial charge in [0.2, 0.25) is 0 Å². The van der Waals surface area contributed by atoms with Gasteiger partial charge in [-0.1, -0.05) is 0 Å². The molecular weight excluding hydrogens is 353 g/mol. The summed E-state index contributed by atoms with van der Waals surface area (Å²) in [4.78, 5) is 9.39. The van der Waals surface area contributed by atoms with E-state index in [0.29, 0.717) is 6.04 Å². The molecule has 2 heterocycles. The summed E-state index contributed by atoms with van der Waals surface area (Å²) in [6.07, 6.45) is 0. The monoisotopic (exact) mass is 381 g/mol. The molecule has 1 atom stereocenters. The van der Waals surface area contributed by atoms with Crippen molar-refractivity contribution in [3.8, 4) is 0 Å². The SMILES string of the molecule is CC1CN=C(NCCN2CCN(C)C(C)(C)C2)N1.I. The second-order valence-corrected chi connectivity index (χ2v) is 6.17. The first-order valence-electron chi connectivity index (χ1n) is 6.96. The molecule has 2 N–H and O–H groups in total. The molecule has 6 heteroatoms. The number of nitrogens with zero attached hydrogens (tertiary/aromatic N) is 3. The maximum atomic E-state index is 4.41. The Morgan fingerprint density at radius 1 is 1.42 bits per heavy atom.